The Morgan fingerprint density at radius 1 is 1.30 bits per heavy atom. The maximum absolute atomic E-state index is 12.5. The highest BCUT2D eigenvalue weighted by Gasteiger charge is 2.30. The van der Waals surface area contributed by atoms with Crippen LogP contribution in [0, 0.1) is 0 Å². The van der Waals surface area contributed by atoms with Gasteiger partial charge >= 0.3 is 0 Å². The van der Waals surface area contributed by atoms with Crippen LogP contribution in [0.1, 0.15) is 32.3 Å². The van der Waals surface area contributed by atoms with Gasteiger partial charge in [-0.15, -0.1) is 0 Å². The van der Waals surface area contributed by atoms with Crippen molar-refractivity contribution >= 4 is 11.6 Å². The van der Waals surface area contributed by atoms with Gasteiger partial charge in [0.05, 0.1) is 18.4 Å². The Labute approximate surface area is 137 Å². The third-order valence-electron chi connectivity index (χ3n) is 4.26. The first-order valence-corrected chi connectivity index (χ1v) is 8.27. The highest BCUT2D eigenvalue weighted by Crippen LogP contribution is 2.19. The molecule has 0 spiro atoms. The van der Waals surface area contributed by atoms with Gasteiger partial charge in [0.1, 0.15) is 6.04 Å². The number of hydrogen-bond donors (Lipinski definition) is 1. The topological polar surface area (TPSA) is 50.2 Å². The van der Waals surface area contributed by atoms with Gasteiger partial charge in [-0.05, 0) is 32.3 Å². The third kappa shape index (κ3) is 3.73. The molecule has 1 saturated heterocycles. The summed E-state index contributed by atoms with van der Waals surface area (Å²) in [5, 5.41) is 7.73. The number of hydrogen-bond acceptors (Lipinski definition) is 3. The molecule has 122 valence electrons. The molecule has 1 atom stereocenters. The SMILES string of the molecule is CC(C)N1CCCC(Nc2cnn(Cc3ccccc3)c2)C1=O. The number of carbonyl (C=O) groups excluding carboxylic acids is 1. The summed E-state index contributed by atoms with van der Waals surface area (Å²) in [6, 6.07) is 10.3. The van der Waals surface area contributed by atoms with Crippen LogP contribution in [0.5, 0.6) is 0 Å². The van der Waals surface area contributed by atoms with Crippen molar-refractivity contribution in [3.05, 3.63) is 48.3 Å². The summed E-state index contributed by atoms with van der Waals surface area (Å²) in [6.07, 6.45) is 5.69. The molecule has 1 amide bonds. The molecule has 0 bridgehead atoms. The van der Waals surface area contributed by atoms with Crippen LogP contribution in [-0.2, 0) is 11.3 Å². The molecule has 1 aromatic heterocycles. The standard InChI is InChI=1S/C18H24N4O/c1-14(2)22-10-6-9-17(18(22)23)20-16-11-19-21(13-16)12-15-7-4-3-5-8-15/h3-5,7-8,11,13-14,17,20H,6,9-10,12H2,1-2H3. The lowest BCUT2D eigenvalue weighted by molar-refractivity contribution is -0.136. The second-order valence-electron chi connectivity index (χ2n) is 6.38. The smallest absolute Gasteiger partial charge is 0.245 e. The highest BCUT2D eigenvalue weighted by molar-refractivity contribution is 5.85. The van der Waals surface area contributed by atoms with E-state index in [1.807, 2.05) is 34.0 Å². The lowest BCUT2D eigenvalue weighted by Gasteiger charge is -2.35. The molecule has 2 heterocycles. The van der Waals surface area contributed by atoms with E-state index in [0.29, 0.717) is 0 Å². The van der Waals surface area contributed by atoms with Crippen LogP contribution in [-0.4, -0.2) is 39.2 Å². The predicted octanol–water partition coefficient (Wildman–Crippen LogP) is 2.74. The van der Waals surface area contributed by atoms with E-state index in [1.54, 1.807) is 6.20 Å². The molecule has 1 fully saturated rings. The number of nitrogens with zero attached hydrogens (tertiary/aromatic N) is 3. The summed E-state index contributed by atoms with van der Waals surface area (Å²) in [7, 11) is 0. The van der Waals surface area contributed by atoms with Crippen molar-refractivity contribution in [2.45, 2.75) is 45.3 Å². The molecular weight excluding hydrogens is 288 g/mol. The molecule has 3 rings (SSSR count). The van der Waals surface area contributed by atoms with E-state index in [9.17, 15) is 4.79 Å². The fourth-order valence-corrected chi connectivity index (χ4v) is 3.04. The first kappa shape index (κ1) is 15.6. The zero-order valence-electron chi connectivity index (χ0n) is 13.8. The minimum atomic E-state index is -0.138. The lowest BCUT2D eigenvalue weighted by atomic mass is 10.0. The Bertz CT molecular complexity index is 650. The maximum atomic E-state index is 12.5. The van der Waals surface area contributed by atoms with E-state index >= 15 is 0 Å². The van der Waals surface area contributed by atoms with Gasteiger partial charge in [-0.3, -0.25) is 9.48 Å². The van der Waals surface area contributed by atoms with Gasteiger partial charge in [0, 0.05) is 18.8 Å². The number of benzene rings is 1. The molecule has 1 unspecified atom stereocenters. The summed E-state index contributed by atoms with van der Waals surface area (Å²) < 4.78 is 1.89. The van der Waals surface area contributed by atoms with Gasteiger partial charge in [0.2, 0.25) is 5.91 Å². The number of nitrogens with one attached hydrogen (secondary N) is 1. The molecule has 0 saturated carbocycles. The largest absolute Gasteiger partial charge is 0.371 e. The molecular formula is C18H24N4O. The summed E-state index contributed by atoms with van der Waals surface area (Å²) in [6.45, 7) is 5.73. The first-order valence-electron chi connectivity index (χ1n) is 8.27. The van der Waals surface area contributed by atoms with Crippen molar-refractivity contribution in [1.82, 2.24) is 14.7 Å². The Hall–Kier alpha value is -2.30. The van der Waals surface area contributed by atoms with Crippen LogP contribution >= 0.6 is 0 Å². The number of rotatable bonds is 5. The zero-order valence-corrected chi connectivity index (χ0v) is 13.8. The zero-order chi connectivity index (χ0) is 16.2. The number of aromatic nitrogens is 2. The van der Waals surface area contributed by atoms with Crippen LogP contribution in [0.3, 0.4) is 0 Å². The summed E-state index contributed by atoms with van der Waals surface area (Å²) in [5.41, 5.74) is 2.12. The summed E-state index contributed by atoms with van der Waals surface area (Å²) in [5.74, 6) is 0.196. The molecule has 1 N–H and O–H groups in total. The van der Waals surface area contributed by atoms with Crippen molar-refractivity contribution in [2.75, 3.05) is 11.9 Å². The lowest BCUT2D eigenvalue weighted by Crippen LogP contribution is -2.50. The number of carbonyl (C=O) groups is 1. The quantitative estimate of drug-likeness (QED) is 0.923. The van der Waals surface area contributed by atoms with Gasteiger partial charge in [-0.25, -0.2) is 0 Å². The number of anilines is 1. The molecule has 1 aromatic carbocycles. The van der Waals surface area contributed by atoms with Crippen molar-refractivity contribution in [3.63, 3.8) is 0 Å². The average molecular weight is 312 g/mol. The highest BCUT2D eigenvalue weighted by atomic mass is 16.2. The van der Waals surface area contributed by atoms with E-state index in [2.05, 4.69) is 36.4 Å². The first-order chi connectivity index (χ1) is 11.1. The summed E-state index contributed by atoms with van der Waals surface area (Å²) in [4.78, 5) is 14.5. The maximum Gasteiger partial charge on any atom is 0.245 e. The number of likely N-dealkylation sites (tertiary alicyclic amines) is 1. The second-order valence-corrected chi connectivity index (χ2v) is 6.38. The molecule has 0 aliphatic carbocycles. The minimum absolute atomic E-state index is 0.138. The normalized spacial score (nSPS) is 18.5. The Morgan fingerprint density at radius 2 is 2.09 bits per heavy atom. The van der Waals surface area contributed by atoms with Crippen LogP contribution < -0.4 is 5.32 Å². The van der Waals surface area contributed by atoms with Crippen molar-refractivity contribution in [1.29, 1.82) is 0 Å². The fourth-order valence-electron chi connectivity index (χ4n) is 3.04. The third-order valence-corrected chi connectivity index (χ3v) is 4.26. The average Bonchev–Trinajstić information content (AvgIpc) is 2.97. The van der Waals surface area contributed by atoms with Crippen LogP contribution in [0.15, 0.2) is 42.7 Å². The van der Waals surface area contributed by atoms with E-state index in [4.69, 9.17) is 0 Å². The van der Waals surface area contributed by atoms with E-state index in [1.165, 1.54) is 5.56 Å². The Balaban J connectivity index is 1.63. The Kier molecular flexibility index (Phi) is 4.65. The van der Waals surface area contributed by atoms with Crippen molar-refractivity contribution < 1.29 is 4.79 Å². The Morgan fingerprint density at radius 3 is 2.83 bits per heavy atom. The van der Waals surface area contributed by atoms with E-state index < -0.39 is 0 Å². The van der Waals surface area contributed by atoms with Crippen LogP contribution in [0.2, 0.25) is 0 Å². The van der Waals surface area contributed by atoms with Gasteiger partial charge in [0.25, 0.3) is 0 Å². The van der Waals surface area contributed by atoms with Gasteiger partial charge in [-0.1, -0.05) is 30.3 Å². The van der Waals surface area contributed by atoms with E-state index in [-0.39, 0.29) is 18.0 Å². The van der Waals surface area contributed by atoms with Crippen LogP contribution in [0.4, 0.5) is 5.69 Å². The van der Waals surface area contributed by atoms with E-state index in [0.717, 1.165) is 31.6 Å². The molecule has 1 aliphatic rings. The summed E-state index contributed by atoms with van der Waals surface area (Å²) >= 11 is 0. The monoisotopic (exact) mass is 312 g/mol. The molecule has 0 radical (unpaired) electrons. The van der Waals surface area contributed by atoms with Crippen LogP contribution in [0.25, 0.3) is 0 Å². The second kappa shape index (κ2) is 6.86. The molecule has 5 heteroatoms. The molecule has 1 aliphatic heterocycles. The fraction of sp³-hybridized carbons (Fsp3) is 0.444. The molecule has 5 nitrogen and oxygen atoms in total. The number of piperidine rings is 1. The van der Waals surface area contributed by atoms with Crippen molar-refractivity contribution in [2.24, 2.45) is 0 Å². The predicted molar refractivity (Wildman–Crippen MR) is 91.3 cm³/mol. The van der Waals surface area contributed by atoms with Gasteiger partial charge in [-0.2, -0.15) is 5.10 Å². The number of amides is 1. The van der Waals surface area contributed by atoms with Crippen molar-refractivity contribution in [3.8, 4) is 0 Å². The van der Waals surface area contributed by atoms with Gasteiger partial charge < -0.3 is 10.2 Å². The van der Waals surface area contributed by atoms with Gasteiger partial charge in [0.15, 0.2) is 0 Å². The molecule has 2 aromatic rings. The minimum Gasteiger partial charge on any atom is -0.371 e. The molecule has 23 heavy (non-hydrogen) atoms.